The monoisotopic (exact) mass is 127 g/mol. The molecule has 0 bridgehead atoms. The summed E-state index contributed by atoms with van der Waals surface area (Å²) < 4.78 is 0. The number of hydrogen-bond donors (Lipinski definition) is 3. The van der Waals surface area contributed by atoms with Crippen molar-refractivity contribution in [3.05, 3.63) is 0 Å². The molecule has 6 heteroatoms. The molecule has 0 unspecified atom stereocenters. The lowest BCUT2D eigenvalue weighted by Crippen LogP contribution is -2.28. The van der Waals surface area contributed by atoms with E-state index in [-0.39, 0.29) is 5.96 Å². The summed E-state index contributed by atoms with van der Waals surface area (Å²) in [5, 5.41) is 6.75. The molecule has 0 aromatic carbocycles. The Bertz CT molecular complexity index is 183. The molecule has 1 aliphatic rings. The van der Waals surface area contributed by atoms with E-state index in [1.54, 1.807) is 0 Å². The highest BCUT2D eigenvalue weighted by atomic mass is 16.2. The quantitative estimate of drug-likeness (QED) is 0.348. The molecule has 0 atom stereocenters. The smallest absolute Gasteiger partial charge is 0.284 e. The van der Waals surface area contributed by atoms with Crippen LogP contribution in [0.3, 0.4) is 0 Å². The Balaban J connectivity index is 2.68. The molecule has 0 aromatic heterocycles. The maximum Gasteiger partial charge on any atom is 0.284 e. The number of carbonyl (C=O) groups excluding carboxylic acids is 1. The number of hydrogen-bond acceptors (Lipinski definition) is 5. The predicted molar refractivity (Wildman–Crippen MR) is 31.4 cm³/mol. The zero-order valence-electron chi connectivity index (χ0n) is 4.46. The molecule has 0 spiro atoms. The summed E-state index contributed by atoms with van der Waals surface area (Å²) in [7, 11) is 0. The van der Waals surface area contributed by atoms with Crippen LogP contribution in [0.5, 0.6) is 0 Å². The summed E-state index contributed by atoms with van der Waals surface area (Å²) in [6.07, 6.45) is 1.04. The van der Waals surface area contributed by atoms with E-state index in [2.05, 4.69) is 21.1 Å². The van der Waals surface area contributed by atoms with Crippen LogP contribution < -0.4 is 16.6 Å². The molecule has 0 saturated heterocycles. The third kappa shape index (κ3) is 1.41. The van der Waals surface area contributed by atoms with E-state index < -0.39 is 5.91 Å². The SMILES string of the molecule is NC1=NNC(=O)C=NN1. The van der Waals surface area contributed by atoms with Gasteiger partial charge in [0.2, 0.25) is 5.96 Å². The van der Waals surface area contributed by atoms with E-state index in [1.165, 1.54) is 0 Å². The fraction of sp³-hybridized carbons (Fsp3) is 0. The average Bonchev–Trinajstić information content (AvgIpc) is 1.97. The molecule has 0 saturated carbocycles. The zero-order chi connectivity index (χ0) is 6.69. The van der Waals surface area contributed by atoms with Crippen LogP contribution in [0, 0.1) is 0 Å². The Labute approximate surface area is 50.8 Å². The number of hydrazone groups is 2. The lowest BCUT2D eigenvalue weighted by Gasteiger charge is -1.90. The van der Waals surface area contributed by atoms with Gasteiger partial charge in [-0.25, -0.2) is 10.9 Å². The van der Waals surface area contributed by atoms with Gasteiger partial charge in [-0.15, -0.1) is 5.10 Å². The van der Waals surface area contributed by atoms with Crippen molar-refractivity contribution in [3.8, 4) is 0 Å². The van der Waals surface area contributed by atoms with Gasteiger partial charge in [-0.1, -0.05) is 0 Å². The molecule has 0 fully saturated rings. The van der Waals surface area contributed by atoms with Crippen LogP contribution in [0.25, 0.3) is 0 Å². The molecule has 1 aliphatic heterocycles. The third-order valence-electron chi connectivity index (χ3n) is 0.647. The second kappa shape index (κ2) is 2.12. The van der Waals surface area contributed by atoms with Gasteiger partial charge < -0.3 is 5.73 Å². The van der Waals surface area contributed by atoms with Gasteiger partial charge in [-0.3, -0.25) is 4.79 Å². The van der Waals surface area contributed by atoms with Gasteiger partial charge in [-0.2, -0.15) is 5.10 Å². The van der Waals surface area contributed by atoms with E-state index in [4.69, 9.17) is 5.73 Å². The maximum absolute atomic E-state index is 10.4. The number of nitrogens with one attached hydrogen (secondary N) is 2. The van der Waals surface area contributed by atoms with Crippen LogP contribution >= 0.6 is 0 Å². The fourth-order valence-corrected chi connectivity index (χ4v) is 0.326. The van der Waals surface area contributed by atoms with Gasteiger partial charge in [0.1, 0.15) is 6.21 Å². The summed E-state index contributed by atoms with van der Waals surface area (Å²) in [4.78, 5) is 10.4. The van der Waals surface area contributed by atoms with Crippen molar-refractivity contribution in [2.24, 2.45) is 15.9 Å². The van der Waals surface area contributed by atoms with Gasteiger partial charge in [0, 0.05) is 0 Å². The lowest BCUT2D eigenvalue weighted by molar-refractivity contribution is -0.114. The molecule has 0 radical (unpaired) electrons. The Morgan fingerprint density at radius 1 is 1.56 bits per heavy atom. The minimum atomic E-state index is -0.400. The minimum Gasteiger partial charge on any atom is -0.367 e. The average molecular weight is 127 g/mol. The molecule has 1 rings (SSSR count). The first-order chi connectivity index (χ1) is 4.29. The number of carbonyl (C=O) groups is 1. The number of amides is 1. The first kappa shape index (κ1) is 5.54. The van der Waals surface area contributed by atoms with E-state index >= 15 is 0 Å². The molecule has 4 N–H and O–H groups in total. The van der Waals surface area contributed by atoms with E-state index in [1.807, 2.05) is 0 Å². The maximum atomic E-state index is 10.4. The second-order valence-corrected chi connectivity index (χ2v) is 1.34. The first-order valence-electron chi connectivity index (χ1n) is 2.21. The van der Waals surface area contributed by atoms with E-state index in [9.17, 15) is 4.79 Å². The topological polar surface area (TPSA) is 91.9 Å². The Morgan fingerprint density at radius 3 is 3.11 bits per heavy atom. The Hall–Kier alpha value is -1.59. The predicted octanol–water partition coefficient (Wildman–Crippen LogP) is -2.08. The first-order valence-corrected chi connectivity index (χ1v) is 2.21. The molecule has 1 amide bonds. The van der Waals surface area contributed by atoms with Gasteiger partial charge >= 0.3 is 0 Å². The largest absolute Gasteiger partial charge is 0.367 e. The molecule has 48 valence electrons. The third-order valence-corrected chi connectivity index (χ3v) is 0.647. The van der Waals surface area contributed by atoms with Crippen molar-refractivity contribution in [1.29, 1.82) is 0 Å². The molecule has 0 aliphatic carbocycles. The van der Waals surface area contributed by atoms with Crippen LogP contribution in [0.15, 0.2) is 10.2 Å². The lowest BCUT2D eigenvalue weighted by atomic mass is 10.7. The highest BCUT2D eigenvalue weighted by Crippen LogP contribution is 1.68. The van der Waals surface area contributed by atoms with Crippen LogP contribution in [-0.2, 0) is 4.79 Å². The van der Waals surface area contributed by atoms with Gasteiger partial charge in [0.05, 0.1) is 0 Å². The van der Waals surface area contributed by atoms with Crippen molar-refractivity contribution in [2.45, 2.75) is 0 Å². The zero-order valence-corrected chi connectivity index (χ0v) is 4.46. The summed E-state index contributed by atoms with van der Waals surface area (Å²) in [6.45, 7) is 0. The molecule has 1 heterocycles. The number of nitrogens with two attached hydrogens (primary N) is 1. The number of nitrogens with zero attached hydrogens (tertiary/aromatic N) is 2. The van der Waals surface area contributed by atoms with Crippen LogP contribution in [-0.4, -0.2) is 18.1 Å². The summed E-state index contributed by atoms with van der Waals surface area (Å²) in [5.41, 5.74) is 9.50. The fourth-order valence-electron chi connectivity index (χ4n) is 0.326. The Morgan fingerprint density at radius 2 is 2.33 bits per heavy atom. The van der Waals surface area contributed by atoms with E-state index in [0.29, 0.717) is 0 Å². The molecule has 6 nitrogen and oxygen atoms in total. The molecule has 9 heavy (non-hydrogen) atoms. The minimum absolute atomic E-state index is 0.0668. The highest BCUT2D eigenvalue weighted by Gasteiger charge is 1.97. The molecular formula is C3H5N5O. The number of guanidine groups is 1. The summed E-state index contributed by atoms with van der Waals surface area (Å²) in [6, 6.07) is 0. The van der Waals surface area contributed by atoms with Crippen molar-refractivity contribution in [3.63, 3.8) is 0 Å². The van der Waals surface area contributed by atoms with Crippen molar-refractivity contribution in [1.82, 2.24) is 10.9 Å². The van der Waals surface area contributed by atoms with Gasteiger partial charge in [0.25, 0.3) is 5.91 Å². The van der Waals surface area contributed by atoms with Crippen LogP contribution in [0.2, 0.25) is 0 Å². The normalized spacial score (nSPS) is 17.3. The molecule has 0 aromatic rings. The second-order valence-electron chi connectivity index (χ2n) is 1.34. The molecular weight excluding hydrogens is 122 g/mol. The number of rotatable bonds is 0. The van der Waals surface area contributed by atoms with Crippen molar-refractivity contribution in [2.75, 3.05) is 0 Å². The van der Waals surface area contributed by atoms with Crippen LogP contribution in [0.4, 0.5) is 0 Å². The van der Waals surface area contributed by atoms with Crippen molar-refractivity contribution >= 4 is 18.1 Å². The highest BCUT2D eigenvalue weighted by molar-refractivity contribution is 6.26. The van der Waals surface area contributed by atoms with Crippen LogP contribution in [0.1, 0.15) is 0 Å². The standard InChI is InChI=1S/C3H5N5O/c4-3-7-5-1-2(9)6-8-3/h1H,(H,6,9)(H3,4,7,8). The van der Waals surface area contributed by atoms with Crippen molar-refractivity contribution < 1.29 is 4.79 Å². The van der Waals surface area contributed by atoms with Gasteiger partial charge in [-0.05, 0) is 0 Å². The summed E-state index contributed by atoms with van der Waals surface area (Å²) >= 11 is 0. The van der Waals surface area contributed by atoms with Gasteiger partial charge in [0.15, 0.2) is 0 Å². The Kier molecular flexibility index (Phi) is 1.31. The summed E-state index contributed by atoms with van der Waals surface area (Å²) in [5.74, 6) is -0.333. The van der Waals surface area contributed by atoms with E-state index in [0.717, 1.165) is 6.21 Å².